The van der Waals surface area contributed by atoms with Crippen molar-refractivity contribution in [2.24, 2.45) is 5.84 Å². The van der Waals surface area contributed by atoms with E-state index in [9.17, 15) is 13.2 Å². The zero-order valence-electron chi connectivity index (χ0n) is 6.23. The van der Waals surface area contributed by atoms with Crippen molar-refractivity contribution in [3.63, 3.8) is 0 Å². The van der Waals surface area contributed by atoms with Crippen molar-refractivity contribution in [1.29, 1.82) is 0 Å². The molecule has 2 aliphatic heterocycles. The molecule has 2 amide bonds. The quantitative estimate of drug-likeness (QED) is 0.264. The molecule has 2 rings (SSSR count). The Bertz CT molecular complexity index is 325. The van der Waals surface area contributed by atoms with Crippen LogP contribution in [0.15, 0.2) is 0 Å². The molecule has 68 valence electrons. The first-order valence-corrected chi connectivity index (χ1v) is 5.36. The zero-order valence-corrected chi connectivity index (χ0v) is 7.04. The second-order valence-electron chi connectivity index (χ2n) is 3.11. The Kier molecular flexibility index (Phi) is 1.37. The van der Waals surface area contributed by atoms with Crippen LogP contribution in [0.3, 0.4) is 0 Å². The standard InChI is InChI=1S/C5H9N3O3S/c6-8-4-2-12(10,11)1-3(4)7-5(8)9/h3-4H,1-2,6H2,(H,7,9)/t3-,4+/m1/s1. The lowest BCUT2D eigenvalue weighted by Crippen LogP contribution is -2.42. The van der Waals surface area contributed by atoms with Gasteiger partial charge in [0.1, 0.15) is 0 Å². The monoisotopic (exact) mass is 191 g/mol. The molecule has 6 nitrogen and oxygen atoms in total. The first kappa shape index (κ1) is 7.81. The Balaban J connectivity index is 2.27. The molecule has 0 radical (unpaired) electrons. The highest BCUT2D eigenvalue weighted by Crippen LogP contribution is 2.20. The summed E-state index contributed by atoms with van der Waals surface area (Å²) >= 11 is 0. The molecule has 2 aliphatic rings. The molecule has 0 aromatic heterocycles. The number of hydrogen-bond donors (Lipinski definition) is 2. The first-order valence-electron chi connectivity index (χ1n) is 3.54. The van der Waals surface area contributed by atoms with Crippen LogP contribution >= 0.6 is 0 Å². The predicted octanol–water partition coefficient (Wildman–Crippen LogP) is -1.95. The van der Waals surface area contributed by atoms with Gasteiger partial charge in [0.15, 0.2) is 9.84 Å². The van der Waals surface area contributed by atoms with Crippen molar-refractivity contribution in [1.82, 2.24) is 10.3 Å². The van der Waals surface area contributed by atoms with Gasteiger partial charge in [0, 0.05) is 0 Å². The molecular weight excluding hydrogens is 182 g/mol. The van der Waals surface area contributed by atoms with Crippen molar-refractivity contribution in [3.05, 3.63) is 0 Å². The van der Waals surface area contributed by atoms with E-state index in [4.69, 9.17) is 5.84 Å². The molecule has 0 aliphatic carbocycles. The molecule has 0 bridgehead atoms. The van der Waals surface area contributed by atoms with E-state index in [1.165, 1.54) is 0 Å². The Labute approximate surface area is 69.6 Å². The van der Waals surface area contributed by atoms with Crippen molar-refractivity contribution in [2.75, 3.05) is 11.5 Å². The van der Waals surface area contributed by atoms with Gasteiger partial charge in [-0.05, 0) is 0 Å². The van der Waals surface area contributed by atoms with E-state index in [0.29, 0.717) is 0 Å². The molecule has 2 atom stereocenters. The summed E-state index contributed by atoms with van der Waals surface area (Å²) < 4.78 is 22.1. The highest BCUT2D eigenvalue weighted by atomic mass is 32.2. The average molecular weight is 191 g/mol. The van der Waals surface area contributed by atoms with Gasteiger partial charge in [-0.3, -0.25) is 5.01 Å². The fraction of sp³-hybridized carbons (Fsp3) is 0.800. The van der Waals surface area contributed by atoms with Gasteiger partial charge in [-0.15, -0.1) is 0 Å². The largest absolute Gasteiger partial charge is 0.332 e. The van der Waals surface area contributed by atoms with Gasteiger partial charge in [-0.1, -0.05) is 0 Å². The summed E-state index contributed by atoms with van der Waals surface area (Å²) in [5.74, 6) is 5.33. The average Bonchev–Trinajstić information content (AvgIpc) is 2.33. The summed E-state index contributed by atoms with van der Waals surface area (Å²) in [5.41, 5.74) is 0. The molecule has 2 fully saturated rings. The second kappa shape index (κ2) is 2.11. The first-order chi connectivity index (χ1) is 5.49. The molecule has 0 unspecified atom stereocenters. The number of sulfone groups is 1. The topological polar surface area (TPSA) is 92.5 Å². The molecule has 0 spiro atoms. The number of hydrogen-bond acceptors (Lipinski definition) is 4. The number of fused-ring (bicyclic) bond motifs is 1. The Morgan fingerprint density at radius 1 is 1.50 bits per heavy atom. The summed E-state index contributed by atoms with van der Waals surface area (Å²) in [5, 5.41) is 3.47. The highest BCUT2D eigenvalue weighted by molar-refractivity contribution is 7.91. The molecule has 3 N–H and O–H groups in total. The summed E-state index contributed by atoms with van der Waals surface area (Å²) in [6, 6.07) is -1.07. The van der Waals surface area contributed by atoms with E-state index >= 15 is 0 Å². The van der Waals surface area contributed by atoms with Gasteiger partial charge >= 0.3 is 6.03 Å². The SMILES string of the molecule is NN1C(=O)N[C@@H]2CS(=O)(=O)C[C@@H]21. The van der Waals surface area contributed by atoms with E-state index in [-0.39, 0.29) is 29.6 Å². The fourth-order valence-electron chi connectivity index (χ4n) is 1.62. The number of rotatable bonds is 0. The number of amides is 2. The van der Waals surface area contributed by atoms with Crippen LogP contribution in [0.2, 0.25) is 0 Å². The number of urea groups is 1. The third-order valence-corrected chi connectivity index (χ3v) is 3.94. The molecule has 0 aromatic carbocycles. The van der Waals surface area contributed by atoms with Crippen LogP contribution in [0.25, 0.3) is 0 Å². The van der Waals surface area contributed by atoms with E-state index in [1.807, 2.05) is 0 Å². The maximum Gasteiger partial charge on any atom is 0.332 e. The minimum absolute atomic E-state index is 0.0110. The van der Waals surface area contributed by atoms with Crippen molar-refractivity contribution >= 4 is 15.9 Å². The van der Waals surface area contributed by atoms with Gasteiger partial charge in [0.05, 0.1) is 23.6 Å². The summed E-state index contributed by atoms with van der Waals surface area (Å²) in [6.45, 7) is 0. The van der Waals surface area contributed by atoms with Crippen LogP contribution in [0.5, 0.6) is 0 Å². The zero-order chi connectivity index (χ0) is 8.93. The van der Waals surface area contributed by atoms with Crippen molar-refractivity contribution in [2.45, 2.75) is 12.1 Å². The van der Waals surface area contributed by atoms with Gasteiger partial charge in [0.25, 0.3) is 0 Å². The Hall–Kier alpha value is -0.820. The lowest BCUT2D eigenvalue weighted by atomic mass is 10.2. The van der Waals surface area contributed by atoms with Crippen LogP contribution in [0.4, 0.5) is 4.79 Å². The smallest absolute Gasteiger partial charge is 0.331 e. The molecule has 2 heterocycles. The molecule has 2 saturated heterocycles. The number of carbonyl (C=O) groups excluding carboxylic acids is 1. The number of hydrazine groups is 1. The maximum atomic E-state index is 11.1. The predicted molar refractivity (Wildman–Crippen MR) is 40.8 cm³/mol. The van der Waals surface area contributed by atoms with E-state index in [1.54, 1.807) is 0 Å². The lowest BCUT2D eigenvalue weighted by Gasteiger charge is -2.13. The lowest BCUT2D eigenvalue weighted by molar-refractivity contribution is 0.208. The van der Waals surface area contributed by atoms with Gasteiger partial charge in [-0.2, -0.15) is 0 Å². The molecule has 0 aromatic rings. The highest BCUT2D eigenvalue weighted by Gasteiger charge is 2.47. The maximum absolute atomic E-state index is 11.1. The van der Waals surface area contributed by atoms with E-state index in [0.717, 1.165) is 5.01 Å². The Morgan fingerprint density at radius 3 is 2.75 bits per heavy atom. The van der Waals surface area contributed by atoms with Gasteiger partial charge in [0.2, 0.25) is 0 Å². The number of nitrogens with two attached hydrogens (primary N) is 1. The molecule has 7 heteroatoms. The van der Waals surface area contributed by atoms with Gasteiger partial charge in [-0.25, -0.2) is 19.1 Å². The van der Waals surface area contributed by atoms with Gasteiger partial charge < -0.3 is 5.32 Å². The normalized spacial score (nSPS) is 38.1. The van der Waals surface area contributed by atoms with Crippen molar-refractivity contribution in [3.8, 4) is 0 Å². The van der Waals surface area contributed by atoms with Crippen LogP contribution in [0.1, 0.15) is 0 Å². The minimum Gasteiger partial charge on any atom is -0.331 e. The second-order valence-corrected chi connectivity index (χ2v) is 5.26. The van der Waals surface area contributed by atoms with Crippen LogP contribution in [0, 0.1) is 0 Å². The van der Waals surface area contributed by atoms with Crippen molar-refractivity contribution < 1.29 is 13.2 Å². The minimum atomic E-state index is -3.00. The van der Waals surface area contributed by atoms with Crippen LogP contribution in [-0.2, 0) is 9.84 Å². The fourth-order valence-corrected chi connectivity index (χ4v) is 3.53. The molecule has 12 heavy (non-hydrogen) atoms. The van der Waals surface area contributed by atoms with Crippen LogP contribution in [-0.4, -0.2) is 43.0 Å². The third kappa shape index (κ3) is 0.969. The van der Waals surface area contributed by atoms with E-state index < -0.39 is 9.84 Å². The number of nitrogens with one attached hydrogen (secondary N) is 1. The molecular formula is C5H9N3O3S. The summed E-state index contributed by atoms with van der Waals surface area (Å²) in [4.78, 5) is 10.9. The third-order valence-electron chi connectivity index (χ3n) is 2.22. The summed E-state index contributed by atoms with van der Waals surface area (Å²) in [6.07, 6.45) is 0. The number of carbonyl (C=O) groups is 1. The van der Waals surface area contributed by atoms with E-state index in [2.05, 4.69) is 5.32 Å². The number of nitrogens with zero attached hydrogens (tertiary/aromatic N) is 1. The van der Waals surface area contributed by atoms with Crippen LogP contribution < -0.4 is 11.2 Å². The molecule has 0 saturated carbocycles. The summed E-state index contributed by atoms with van der Waals surface area (Å²) in [7, 11) is -3.00. The Morgan fingerprint density at radius 2 is 2.17 bits per heavy atom.